The number of nitrogens with one attached hydrogen (secondary N) is 2. The molecular weight excluding hydrogens is 385 g/mol. The molecule has 1 saturated carbocycles. The lowest BCUT2D eigenvalue weighted by Crippen LogP contribution is -2.10. The molecule has 5 rings (SSSR count). The van der Waals surface area contributed by atoms with E-state index in [0.29, 0.717) is 32.9 Å². The Morgan fingerprint density at radius 3 is 2.81 bits per heavy atom. The van der Waals surface area contributed by atoms with E-state index in [9.17, 15) is 9.18 Å². The SMILES string of the molecule is O=c1[nH]c(CSc2n[nH]c(C3CC3)n2)nc2scc(-c3ccc(F)cc3)c12. The molecule has 0 aliphatic heterocycles. The van der Waals surface area contributed by atoms with Crippen molar-refractivity contribution in [2.45, 2.75) is 29.7 Å². The van der Waals surface area contributed by atoms with E-state index in [1.165, 1.54) is 48.1 Å². The summed E-state index contributed by atoms with van der Waals surface area (Å²) < 4.78 is 13.2. The molecule has 136 valence electrons. The lowest BCUT2D eigenvalue weighted by atomic mass is 10.1. The van der Waals surface area contributed by atoms with E-state index in [2.05, 4.69) is 25.1 Å². The minimum absolute atomic E-state index is 0.190. The number of fused-ring (bicyclic) bond motifs is 1. The van der Waals surface area contributed by atoms with Gasteiger partial charge in [-0.15, -0.1) is 16.4 Å². The van der Waals surface area contributed by atoms with Crippen molar-refractivity contribution in [1.29, 1.82) is 0 Å². The Labute approximate surface area is 161 Å². The second kappa shape index (κ2) is 6.58. The molecule has 1 fully saturated rings. The summed E-state index contributed by atoms with van der Waals surface area (Å²) in [6.45, 7) is 0. The highest BCUT2D eigenvalue weighted by Crippen LogP contribution is 2.38. The number of rotatable bonds is 5. The van der Waals surface area contributed by atoms with Gasteiger partial charge in [-0.3, -0.25) is 9.89 Å². The summed E-state index contributed by atoms with van der Waals surface area (Å²) in [4.78, 5) is 25.2. The second-order valence-corrected chi connectivity index (χ2v) is 8.22. The smallest absolute Gasteiger partial charge is 0.260 e. The van der Waals surface area contributed by atoms with E-state index in [-0.39, 0.29) is 11.4 Å². The quantitative estimate of drug-likeness (QED) is 0.494. The molecule has 0 unspecified atom stereocenters. The largest absolute Gasteiger partial charge is 0.309 e. The van der Waals surface area contributed by atoms with Gasteiger partial charge in [0.15, 0.2) is 0 Å². The number of thiophene rings is 1. The average molecular weight is 399 g/mol. The summed E-state index contributed by atoms with van der Waals surface area (Å²) in [6, 6.07) is 6.11. The lowest BCUT2D eigenvalue weighted by Gasteiger charge is -2.01. The molecule has 0 saturated heterocycles. The van der Waals surface area contributed by atoms with Crippen LogP contribution in [0.1, 0.15) is 30.4 Å². The van der Waals surface area contributed by atoms with Crippen LogP contribution < -0.4 is 5.56 Å². The fraction of sp³-hybridized carbons (Fsp3) is 0.222. The highest BCUT2D eigenvalue weighted by Gasteiger charge is 2.27. The summed E-state index contributed by atoms with van der Waals surface area (Å²) in [6.07, 6.45) is 2.33. The van der Waals surface area contributed by atoms with Crippen molar-refractivity contribution >= 4 is 33.3 Å². The first-order valence-electron chi connectivity index (χ1n) is 8.49. The highest BCUT2D eigenvalue weighted by molar-refractivity contribution is 7.98. The first-order chi connectivity index (χ1) is 13.2. The van der Waals surface area contributed by atoms with Crippen LogP contribution in [0.3, 0.4) is 0 Å². The topological polar surface area (TPSA) is 87.3 Å². The Morgan fingerprint density at radius 1 is 1.22 bits per heavy atom. The Kier molecular flexibility index (Phi) is 4.05. The molecule has 27 heavy (non-hydrogen) atoms. The second-order valence-electron chi connectivity index (χ2n) is 6.42. The Morgan fingerprint density at radius 2 is 2.04 bits per heavy atom. The molecular formula is C18H14FN5OS2. The zero-order valence-corrected chi connectivity index (χ0v) is 15.7. The molecule has 1 aliphatic rings. The maximum Gasteiger partial charge on any atom is 0.260 e. The van der Waals surface area contributed by atoms with Gasteiger partial charge in [0.05, 0.1) is 11.1 Å². The summed E-state index contributed by atoms with van der Waals surface area (Å²) in [5, 5.41) is 10.3. The Bertz CT molecular complexity index is 1180. The van der Waals surface area contributed by atoms with Crippen molar-refractivity contribution in [3.8, 4) is 11.1 Å². The first-order valence-corrected chi connectivity index (χ1v) is 10.4. The fourth-order valence-electron chi connectivity index (χ4n) is 2.90. The van der Waals surface area contributed by atoms with Crippen LogP contribution in [0.2, 0.25) is 0 Å². The molecule has 0 bridgehead atoms. The number of hydrogen-bond donors (Lipinski definition) is 2. The lowest BCUT2D eigenvalue weighted by molar-refractivity contribution is 0.628. The van der Waals surface area contributed by atoms with Gasteiger partial charge < -0.3 is 4.98 Å². The van der Waals surface area contributed by atoms with Gasteiger partial charge in [-0.1, -0.05) is 23.9 Å². The van der Waals surface area contributed by atoms with E-state index in [0.717, 1.165) is 17.0 Å². The summed E-state index contributed by atoms with van der Waals surface area (Å²) in [5.74, 6) is 2.23. The number of halogens is 1. The first kappa shape index (κ1) is 16.6. The van der Waals surface area contributed by atoms with Gasteiger partial charge in [0.1, 0.15) is 22.3 Å². The van der Waals surface area contributed by atoms with Crippen molar-refractivity contribution in [2.75, 3.05) is 0 Å². The van der Waals surface area contributed by atoms with Crippen molar-refractivity contribution in [2.24, 2.45) is 0 Å². The van der Waals surface area contributed by atoms with Crippen LogP contribution in [0.25, 0.3) is 21.3 Å². The van der Waals surface area contributed by atoms with Crippen LogP contribution in [0, 0.1) is 5.82 Å². The van der Waals surface area contributed by atoms with E-state index in [4.69, 9.17) is 0 Å². The monoisotopic (exact) mass is 399 g/mol. The predicted molar refractivity (Wildman–Crippen MR) is 104 cm³/mol. The third-order valence-electron chi connectivity index (χ3n) is 4.43. The van der Waals surface area contributed by atoms with Gasteiger partial charge in [-0.25, -0.2) is 14.4 Å². The van der Waals surface area contributed by atoms with Crippen LogP contribution >= 0.6 is 23.1 Å². The van der Waals surface area contributed by atoms with Gasteiger partial charge in [0.2, 0.25) is 5.16 Å². The van der Waals surface area contributed by atoms with Crippen LogP contribution in [0.5, 0.6) is 0 Å². The Balaban J connectivity index is 1.41. The number of aromatic nitrogens is 5. The van der Waals surface area contributed by atoms with Gasteiger partial charge in [0, 0.05) is 16.9 Å². The number of H-pyrrole nitrogens is 2. The predicted octanol–water partition coefficient (Wildman–Crippen LogP) is 4.08. The van der Waals surface area contributed by atoms with Gasteiger partial charge in [-0.05, 0) is 30.5 Å². The minimum atomic E-state index is -0.304. The van der Waals surface area contributed by atoms with Crippen LogP contribution in [0.4, 0.5) is 4.39 Å². The fourth-order valence-corrected chi connectivity index (χ4v) is 4.54. The molecule has 0 atom stereocenters. The molecule has 0 amide bonds. The standard InChI is InChI=1S/C18H14FN5OS2/c19-11-5-3-9(4-6-11)12-7-26-17-14(12)16(25)20-13(21-17)8-27-18-22-15(23-24-18)10-1-2-10/h3-7,10H,1-2,8H2,(H,20,21,25)(H,22,23,24). The van der Waals surface area contributed by atoms with Gasteiger partial charge in [0.25, 0.3) is 5.56 Å². The molecule has 1 aliphatic carbocycles. The van der Waals surface area contributed by atoms with Crippen LogP contribution in [0.15, 0.2) is 39.6 Å². The van der Waals surface area contributed by atoms with Crippen LogP contribution in [-0.4, -0.2) is 25.1 Å². The maximum atomic E-state index is 13.2. The van der Waals surface area contributed by atoms with E-state index in [1.807, 2.05) is 5.38 Å². The number of benzene rings is 1. The molecule has 1 aromatic carbocycles. The third-order valence-corrected chi connectivity index (χ3v) is 6.16. The molecule has 4 aromatic rings. The van der Waals surface area contributed by atoms with Crippen molar-refractivity contribution in [3.05, 3.63) is 57.5 Å². The molecule has 3 heterocycles. The van der Waals surface area contributed by atoms with Crippen molar-refractivity contribution in [1.82, 2.24) is 25.1 Å². The van der Waals surface area contributed by atoms with Gasteiger partial charge >= 0.3 is 0 Å². The average Bonchev–Trinajstić information content (AvgIpc) is 3.25. The molecule has 0 spiro atoms. The van der Waals surface area contributed by atoms with E-state index >= 15 is 0 Å². The van der Waals surface area contributed by atoms with Crippen LogP contribution in [-0.2, 0) is 5.75 Å². The maximum absolute atomic E-state index is 13.2. The summed E-state index contributed by atoms with van der Waals surface area (Å²) in [5.41, 5.74) is 1.38. The highest BCUT2D eigenvalue weighted by atomic mass is 32.2. The third kappa shape index (κ3) is 3.28. The zero-order valence-electron chi connectivity index (χ0n) is 14.0. The number of hydrogen-bond acceptors (Lipinski definition) is 6. The van der Waals surface area contributed by atoms with Gasteiger partial charge in [-0.2, -0.15) is 0 Å². The number of aromatic amines is 2. The van der Waals surface area contributed by atoms with E-state index in [1.54, 1.807) is 12.1 Å². The minimum Gasteiger partial charge on any atom is -0.309 e. The van der Waals surface area contributed by atoms with E-state index < -0.39 is 0 Å². The molecule has 3 aromatic heterocycles. The molecule has 6 nitrogen and oxygen atoms in total. The normalized spacial score (nSPS) is 14.1. The van der Waals surface area contributed by atoms with Crippen molar-refractivity contribution < 1.29 is 4.39 Å². The summed E-state index contributed by atoms with van der Waals surface area (Å²) in [7, 11) is 0. The number of nitrogens with zero attached hydrogens (tertiary/aromatic N) is 3. The molecule has 0 radical (unpaired) electrons. The Hall–Kier alpha value is -2.52. The number of thioether (sulfide) groups is 1. The van der Waals surface area contributed by atoms with Crippen molar-refractivity contribution in [3.63, 3.8) is 0 Å². The summed E-state index contributed by atoms with van der Waals surface area (Å²) >= 11 is 2.85. The molecule has 9 heteroatoms. The zero-order chi connectivity index (χ0) is 18.4. The molecule has 2 N–H and O–H groups in total.